The Morgan fingerprint density at radius 3 is 1.92 bits per heavy atom. The summed E-state index contributed by atoms with van der Waals surface area (Å²) in [4.78, 5) is 19.1. The molecule has 222 valence electrons. The molecule has 0 unspecified atom stereocenters. The van der Waals surface area contributed by atoms with Crippen molar-refractivity contribution in [2.24, 2.45) is 11.8 Å². The summed E-state index contributed by atoms with van der Waals surface area (Å²) in [5.74, 6) is 2.00. The molecule has 0 spiro atoms. The standard InChI is InChI=1S/C25H42O2.C5H8O.C4H6O2/c1-3-5-6-7-23-12-13-25(19-22(23)4-2)24-10-8-20(9-11-24)18-21(14-16-26)15-17-27;1-3-5(2)4-6;1-4(2-5)3-6/h12-13,19-21,24,26-27H,3-11,14-18H2,1-2H3;4H,2-3H2,1H3;2,6H,1,3H2. The van der Waals surface area contributed by atoms with Gasteiger partial charge in [0, 0.05) is 18.8 Å². The summed E-state index contributed by atoms with van der Waals surface area (Å²) >= 11 is 0. The number of aliphatic hydroxyl groups is 3. The molecule has 1 aliphatic carbocycles. The second-order valence-corrected chi connectivity index (χ2v) is 10.7. The highest BCUT2D eigenvalue weighted by Crippen LogP contribution is 2.39. The Hall–Kier alpha value is -2.08. The van der Waals surface area contributed by atoms with Gasteiger partial charge in [-0.2, -0.15) is 0 Å². The highest BCUT2D eigenvalue weighted by molar-refractivity contribution is 5.72. The van der Waals surface area contributed by atoms with Crippen molar-refractivity contribution in [2.45, 2.75) is 110 Å². The third-order valence-electron chi connectivity index (χ3n) is 7.71. The highest BCUT2D eigenvalue weighted by Gasteiger charge is 2.25. The lowest BCUT2D eigenvalue weighted by atomic mass is 9.74. The van der Waals surface area contributed by atoms with Crippen molar-refractivity contribution in [2.75, 3.05) is 19.8 Å². The summed E-state index contributed by atoms with van der Waals surface area (Å²) in [6, 6.07) is 7.33. The van der Waals surface area contributed by atoms with Crippen LogP contribution in [0.25, 0.3) is 0 Å². The van der Waals surface area contributed by atoms with Crippen LogP contribution in [0, 0.1) is 11.8 Å². The van der Waals surface area contributed by atoms with E-state index in [1.807, 2.05) is 6.92 Å². The van der Waals surface area contributed by atoms with E-state index in [-0.39, 0.29) is 25.4 Å². The van der Waals surface area contributed by atoms with Gasteiger partial charge in [-0.05, 0) is 111 Å². The minimum absolute atomic E-state index is 0.218. The van der Waals surface area contributed by atoms with Gasteiger partial charge in [0.05, 0.1) is 6.61 Å². The molecule has 0 atom stereocenters. The first kappa shape index (κ1) is 36.9. The number of carbonyl (C=O) groups is 2. The number of rotatable bonds is 16. The van der Waals surface area contributed by atoms with Gasteiger partial charge in [0.2, 0.25) is 0 Å². The number of hydrogen-bond donors (Lipinski definition) is 3. The van der Waals surface area contributed by atoms with Crippen LogP contribution in [0.1, 0.15) is 114 Å². The molecule has 5 heteroatoms. The number of aliphatic hydroxyl groups excluding tert-OH is 3. The molecule has 0 heterocycles. The molecule has 1 aliphatic rings. The Balaban J connectivity index is 0.00000100. The van der Waals surface area contributed by atoms with E-state index in [1.54, 1.807) is 16.7 Å². The molecule has 0 radical (unpaired) electrons. The largest absolute Gasteiger partial charge is 0.396 e. The predicted octanol–water partition coefficient (Wildman–Crippen LogP) is 6.91. The number of aryl methyl sites for hydroxylation is 2. The first-order valence-electron chi connectivity index (χ1n) is 15.0. The number of benzene rings is 1. The molecule has 0 aliphatic heterocycles. The van der Waals surface area contributed by atoms with E-state index >= 15 is 0 Å². The summed E-state index contributed by atoms with van der Waals surface area (Å²) in [5, 5.41) is 26.5. The summed E-state index contributed by atoms with van der Waals surface area (Å²) in [6.45, 7) is 13.3. The van der Waals surface area contributed by atoms with Crippen LogP contribution in [0.3, 0.4) is 0 Å². The van der Waals surface area contributed by atoms with Gasteiger partial charge in [0.25, 0.3) is 0 Å². The molecule has 3 N–H and O–H groups in total. The van der Waals surface area contributed by atoms with Gasteiger partial charge >= 0.3 is 0 Å². The molecule has 5 nitrogen and oxygen atoms in total. The lowest BCUT2D eigenvalue weighted by Gasteiger charge is -2.31. The van der Waals surface area contributed by atoms with Crippen molar-refractivity contribution in [3.63, 3.8) is 0 Å². The average Bonchev–Trinajstić information content (AvgIpc) is 2.97. The molecule has 2 rings (SSSR count). The van der Waals surface area contributed by atoms with Crippen LogP contribution in [0.15, 0.2) is 42.5 Å². The maximum Gasteiger partial charge on any atom is 0.147 e. The molecule has 0 amide bonds. The van der Waals surface area contributed by atoms with Crippen molar-refractivity contribution in [1.82, 2.24) is 0 Å². The highest BCUT2D eigenvalue weighted by atomic mass is 16.3. The van der Waals surface area contributed by atoms with E-state index in [0.717, 1.165) is 43.8 Å². The number of hydrogen-bond acceptors (Lipinski definition) is 5. The van der Waals surface area contributed by atoms with Crippen molar-refractivity contribution in [1.29, 1.82) is 0 Å². The number of aldehydes is 2. The fourth-order valence-electron chi connectivity index (χ4n) is 5.11. The minimum Gasteiger partial charge on any atom is -0.396 e. The van der Waals surface area contributed by atoms with Crippen LogP contribution in [0.4, 0.5) is 0 Å². The van der Waals surface area contributed by atoms with Crippen LogP contribution >= 0.6 is 0 Å². The topological polar surface area (TPSA) is 94.8 Å². The minimum atomic E-state index is -0.233. The number of unbranched alkanes of at least 4 members (excludes halogenated alkanes) is 2. The van der Waals surface area contributed by atoms with Crippen LogP contribution < -0.4 is 0 Å². The molecule has 1 aromatic rings. The average molecular weight is 545 g/mol. The number of allylic oxidation sites excluding steroid dienone is 1. The van der Waals surface area contributed by atoms with E-state index in [2.05, 4.69) is 45.2 Å². The zero-order chi connectivity index (χ0) is 29.5. The van der Waals surface area contributed by atoms with Crippen LogP contribution in [0.2, 0.25) is 0 Å². The molecule has 0 bridgehead atoms. The predicted molar refractivity (Wildman–Crippen MR) is 163 cm³/mol. The summed E-state index contributed by atoms with van der Waals surface area (Å²) in [5.41, 5.74) is 5.58. The molecule has 1 saturated carbocycles. The Morgan fingerprint density at radius 2 is 1.51 bits per heavy atom. The van der Waals surface area contributed by atoms with E-state index < -0.39 is 0 Å². The van der Waals surface area contributed by atoms with Crippen LogP contribution in [-0.4, -0.2) is 47.7 Å². The Morgan fingerprint density at radius 1 is 0.897 bits per heavy atom. The maximum atomic E-state index is 9.64. The summed E-state index contributed by atoms with van der Waals surface area (Å²) in [7, 11) is 0. The molecular weight excluding hydrogens is 488 g/mol. The lowest BCUT2D eigenvalue weighted by Crippen LogP contribution is -2.18. The van der Waals surface area contributed by atoms with E-state index in [1.165, 1.54) is 57.8 Å². The SMILES string of the molecule is C=C(C=O)CC.C=C(C=O)CO.CCCCCc1ccc(C2CCC(CC(CCO)CCO)CC2)cc1CC. The molecule has 1 fully saturated rings. The quantitative estimate of drug-likeness (QED) is 0.119. The van der Waals surface area contributed by atoms with E-state index in [0.29, 0.717) is 17.8 Å². The maximum absolute atomic E-state index is 9.64. The molecular formula is C34H56O5. The van der Waals surface area contributed by atoms with Gasteiger partial charge in [-0.25, -0.2) is 0 Å². The molecule has 0 aromatic heterocycles. The summed E-state index contributed by atoms with van der Waals surface area (Å²) in [6.07, 6.45) is 16.5. The third kappa shape index (κ3) is 16.6. The van der Waals surface area contributed by atoms with Gasteiger partial charge in [0.1, 0.15) is 12.6 Å². The van der Waals surface area contributed by atoms with Gasteiger partial charge in [0.15, 0.2) is 0 Å². The summed E-state index contributed by atoms with van der Waals surface area (Å²) < 4.78 is 0. The van der Waals surface area contributed by atoms with Crippen LogP contribution in [-0.2, 0) is 22.4 Å². The van der Waals surface area contributed by atoms with E-state index in [9.17, 15) is 19.8 Å². The zero-order valence-electron chi connectivity index (χ0n) is 25.0. The number of carbonyl (C=O) groups excluding carboxylic acids is 2. The van der Waals surface area contributed by atoms with Crippen LogP contribution in [0.5, 0.6) is 0 Å². The second-order valence-electron chi connectivity index (χ2n) is 10.7. The smallest absolute Gasteiger partial charge is 0.147 e. The first-order valence-corrected chi connectivity index (χ1v) is 15.0. The molecule has 0 saturated heterocycles. The fourth-order valence-corrected chi connectivity index (χ4v) is 5.11. The van der Waals surface area contributed by atoms with Gasteiger partial charge in [-0.1, -0.05) is 65.0 Å². The van der Waals surface area contributed by atoms with Gasteiger partial charge in [-0.3, -0.25) is 9.59 Å². The monoisotopic (exact) mass is 544 g/mol. The van der Waals surface area contributed by atoms with E-state index in [4.69, 9.17) is 5.11 Å². The third-order valence-corrected chi connectivity index (χ3v) is 7.71. The normalized spacial score (nSPS) is 16.4. The lowest BCUT2D eigenvalue weighted by molar-refractivity contribution is -0.105. The Bertz CT molecular complexity index is 782. The van der Waals surface area contributed by atoms with Crippen molar-refractivity contribution < 1.29 is 24.9 Å². The second kappa shape index (κ2) is 23.8. The zero-order valence-corrected chi connectivity index (χ0v) is 25.0. The molecule has 39 heavy (non-hydrogen) atoms. The van der Waals surface area contributed by atoms with Crippen molar-refractivity contribution >= 4 is 12.6 Å². The van der Waals surface area contributed by atoms with Gasteiger partial charge < -0.3 is 15.3 Å². The molecule has 1 aromatic carbocycles. The fraction of sp³-hybridized carbons (Fsp3) is 0.647. The van der Waals surface area contributed by atoms with Crippen molar-refractivity contribution in [3.05, 3.63) is 59.2 Å². The first-order chi connectivity index (χ1) is 18.8. The Labute approximate surface area is 238 Å². The van der Waals surface area contributed by atoms with Crippen molar-refractivity contribution in [3.8, 4) is 0 Å². The van der Waals surface area contributed by atoms with Gasteiger partial charge in [-0.15, -0.1) is 0 Å². The Kier molecular flexibility index (Phi) is 22.5.